The molecule has 1 N–H and O–H groups in total. The van der Waals surface area contributed by atoms with Crippen molar-refractivity contribution < 1.29 is 18.0 Å². The van der Waals surface area contributed by atoms with Crippen molar-refractivity contribution in [3.8, 4) is 0 Å². The predicted molar refractivity (Wildman–Crippen MR) is 98.7 cm³/mol. The van der Waals surface area contributed by atoms with Gasteiger partial charge in [-0.2, -0.15) is 13.2 Å². The summed E-state index contributed by atoms with van der Waals surface area (Å²) >= 11 is 12.6. The molecule has 1 aliphatic heterocycles. The lowest BCUT2D eigenvalue weighted by Gasteiger charge is -2.10. The normalized spacial score (nSPS) is 17.8. The lowest BCUT2D eigenvalue weighted by Crippen LogP contribution is -2.19. The molecule has 1 aliphatic rings. The summed E-state index contributed by atoms with van der Waals surface area (Å²) in [4.78, 5) is 16.3. The Morgan fingerprint density at radius 1 is 1.12 bits per heavy atom. The first-order valence-corrected chi connectivity index (χ1v) is 8.72. The standard InChI is InChI=1S/C17H9Cl2F3N2OS/c18-10-5-6-13(11(8-10)17(20,21)22)23-16-24-15(25)14(26-16)7-9-3-1-2-4-12(9)19/h1-8H,(H,23,24,25). The summed E-state index contributed by atoms with van der Waals surface area (Å²) in [6.07, 6.45) is -3.06. The van der Waals surface area contributed by atoms with Crippen LogP contribution in [0.3, 0.4) is 0 Å². The molecular weight excluding hydrogens is 408 g/mol. The summed E-state index contributed by atoms with van der Waals surface area (Å²) < 4.78 is 39.4. The highest BCUT2D eigenvalue weighted by Crippen LogP contribution is 2.39. The Kier molecular flexibility index (Phi) is 5.32. The van der Waals surface area contributed by atoms with Crippen molar-refractivity contribution in [1.29, 1.82) is 0 Å². The Labute approximate surface area is 160 Å². The van der Waals surface area contributed by atoms with E-state index >= 15 is 0 Å². The van der Waals surface area contributed by atoms with Crippen molar-refractivity contribution in [2.45, 2.75) is 6.18 Å². The maximum absolute atomic E-state index is 13.1. The van der Waals surface area contributed by atoms with Gasteiger partial charge in [-0.25, -0.2) is 4.99 Å². The molecule has 1 fully saturated rings. The maximum Gasteiger partial charge on any atom is 0.418 e. The average molecular weight is 417 g/mol. The van der Waals surface area contributed by atoms with Crippen LogP contribution in [0.1, 0.15) is 11.1 Å². The van der Waals surface area contributed by atoms with Gasteiger partial charge in [-0.15, -0.1) is 0 Å². The van der Waals surface area contributed by atoms with Gasteiger partial charge in [-0.1, -0.05) is 41.4 Å². The van der Waals surface area contributed by atoms with Crippen LogP contribution in [0, 0.1) is 0 Å². The zero-order chi connectivity index (χ0) is 18.9. The fraction of sp³-hybridized carbons (Fsp3) is 0.0588. The van der Waals surface area contributed by atoms with Crippen LogP contribution in [0.2, 0.25) is 10.0 Å². The number of carbonyl (C=O) groups is 1. The van der Waals surface area contributed by atoms with E-state index in [1.807, 2.05) is 0 Å². The molecule has 0 bridgehead atoms. The number of amides is 1. The molecular formula is C17H9Cl2F3N2OS. The number of hydrogen-bond donors (Lipinski definition) is 1. The van der Waals surface area contributed by atoms with Crippen molar-refractivity contribution in [3.63, 3.8) is 0 Å². The number of hydrogen-bond acceptors (Lipinski definition) is 3. The van der Waals surface area contributed by atoms with Crippen molar-refractivity contribution in [2.24, 2.45) is 4.99 Å². The van der Waals surface area contributed by atoms with Crippen LogP contribution in [0.4, 0.5) is 18.9 Å². The smallest absolute Gasteiger partial charge is 0.300 e. The van der Waals surface area contributed by atoms with Gasteiger partial charge in [0.2, 0.25) is 0 Å². The fourth-order valence-electron chi connectivity index (χ4n) is 2.16. The predicted octanol–water partition coefficient (Wildman–Crippen LogP) is 5.90. The van der Waals surface area contributed by atoms with Gasteiger partial charge in [0.05, 0.1) is 16.2 Å². The van der Waals surface area contributed by atoms with Crippen LogP contribution < -0.4 is 5.32 Å². The zero-order valence-corrected chi connectivity index (χ0v) is 15.1. The van der Waals surface area contributed by atoms with Gasteiger partial charge < -0.3 is 5.32 Å². The van der Waals surface area contributed by atoms with E-state index < -0.39 is 17.6 Å². The molecule has 1 saturated heterocycles. The Morgan fingerprint density at radius 2 is 1.85 bits per heavy atom. The molecule has 9 heteroatoms. The largest absolute Gasteiger partial charge is 0.418 e. The second-order valence-electron chi connectivity index (χ2n) is 5.16. The lowest BCUT2D eigenvalue weighted by molar-refractivity contribution is -0.137. The van der Waals surface area contributed by atoms with Gasteiger partial charge >= 0.3 is 6.18 Å². The second kappa shape index (κ2) is 7.34. The van der Waals surface area contributed by atoms with Crippen molar-refractivity contribution in [2.75, 3.05) is 0 Å². The molecule has 0 aromatic heterocycles. The lowest BCUT2D eigenvalue weighted by atomic mass is 10.2. The molecule has 3 nitrogen and oxygen atoms in total. The molecule has 1 amide bonds. The summed E-state index contributed by atoms with van der Waals surface area (Å²) in [6.45, 7) is 0. The first kappa shape index (κ1) is 18.8. The molecule has 2 aromatic rings. The quantitative estimate of drug-likeness (QED) is 0.618. The third kappa shape index (κ3) is 4.23. The number of halogens is 5. The van der Waals surface area contributed by atoms with Crippen LogP contribution in [0.5, 0.6) is 0 Å². The number of carbonyl (C=O) groups excluding carboxylic acids is 1. The minimum absolute atomic E-state index is 0.0427. The summed E-state index contributed by atoms with van der Waals surface area (Å²) in [6, 6.07) is 10.1. The van der Waals surface area contributed by atoms with E-state index in [-0.39, 0.29) is 20.8 Å². The third-order valence-electron chi connectivity index (χ3n) is 3.33. The van der Waals surface area contributed by atoms with Crippen LogP contribution in [-0.4, -0.2) is 11.1 Å². The minimum atomic E-state index is -4.62. The molecule has 0 radical (unpaired) electrons. The van der Waals surface area contributed by atoms with Crippen LogP contribution >= 0.6 is 35.0 Å². The molecule has 0 spiro atoms. The monoisotopic (exact) mass is 416 g/mol. The van der Waals surface area contributed by atoms with Crippen molar-refractivity contribution in [1.82, 2.24) is 5.32 Å². The van der Waals surface area contributed by atoms with Gasteiger partial charge in [-0.05, 0) is 47.7 Å². The number of nitrogens with one attached hydrogen (secondary N) is 1. The SMILES string of the molecule is O=C1NC(=Nc2ccc(Cl)cc2C(F)(F)F)SC1=Cc1ccccc1Cl. The second-order valence-corrected chi connectivity index (χ2v) is 7.04. The van der Waals surface area contributed by atoms with Crippen LogP contribution in [-0.2, 0) is 11.0 Å². The first-order valence-electron chi connectivity index (χ1n) is 7.15. The number of aliphatic imine (C=N–C) groups is 1. The summed E-state index contributed by atoms with van der Waals surface area (Å²) in [5.74, 6) is -0.462. The van der Waals surface area contributed by atoms with E-state index in [2.05, 4.69) is 10.3 Å². The van der Waals surface area contributed by atoms with E-state index in [1.165, 1.54) is 6.07 Å². The summed E-state index contributed by atoms with van der Waals surface area (Å²) in [7, 11) is 0. The first-order chi connectivity index (χ1) is 12.2. The number of benzene rings is 2. The molecule has 0 aliphatic carbocycles. The molecule has 2 aromatic carbocycles. The van der Waals surface area contributed by atoms with Crippen molar-refractivity contribution >= 4 is 57.8 Å². The molecule has 134 valence electrons. The van der Waals surface area contributed by atoms with E-state index in [1.54, 1.807) is 30.3 Å². The molecule has 1 heterocycles. The summed E-state index contributed by atoms with van der Waals surface area (Å²) in [5, 5.41) is 2.89. The highest BCUT2D eigenvalue weighted by molar-refractivity contribution is 8.18. The van der Waals surface area contributed by atoms with E-state index in [0.29, 0.717) is 10.6 Å². The highest BCUT2D eigenvalue weighted by atomic mass is 35.5. The Bertz CT molecular complexity index is 942. The van der Waals surface area contributed by atoms with Crippen molar-refractivity contribution in [3.05, 3.63) is 68.5 Å². The van der Waals surface area contributed by atoms with E-state index in [4.69, 9.17) is 23.2 Å². The molecule has 0 unspecified atom stereocenters. The number of nitrogens with zero attached hydrogens (tertiary/aromatic N) is 1. The van der Waals surface area contributed by atoms with E-state index in [0.717, 1.165) is 23.9 Å². The minimum Gasteiger partial charge on any atom is -0.300 e. The molecule has 26 heavy (non-hydrogen) atoms. The topological polar surface area (TPSA) is 41.5 Å². The highest BCUT2D eigenvalue weighted by Gasteiger charge is 2.34. The van der Waals surface area contributed by atoms with E-state index in [9.17, 15) is 18.0 Å². The molecule has 3 rings (SSSR count). The van der Waals surface area contributed by atoms with Gasteiger partial charge in [0.15, 0.2) is 5.17 Å². The van der Waals surface area contributed by atoms with Crippen LogP contribution in [0.25, 0.3) is 6.08 Å². The number of alkyl halides is 3. The molecule has 0 atom stereocenters. The third-order valence-corrected chi connectivity index (χ3v) is 4.82. The Balaban J connectivity index is 1.94. The fourth-order valence-corrected chi connectivity index (χ4v) is 3.34. The average Bonchev–Trinajstić information content (AvgIpc) is 2.90. The zero-order valence-electron chi connectivity index (χ0n) is 12.8. The van der Waals surface area contributed by atoms with Gasteiger partial charge in [0.25, 0.3) is 5.91 Å². The van der Waals surface area contributed by atoms with Gasteiger partial charge in [0, 0.05) is 10.0 Å². The number of thioether (sulfide) groups is 1. The Morgan fingerprint density at radius 3 is 2.54 bits per heavy atom. The van der Waals surface area contributed by atoms with Gasteiger partial charge in [0.1, 0.15) is 0 Å². The number of amidine groups is 1. The maximum atomic E-state index is 13.1. The molecule has 0 saturated carbocycles. The Hall–Kier alpha value is -1.96. The van der Waals surface area contributed by atoms with Gasteiger partial charge in [-0.3, -0.25) is 4.79 Å². The summed E-state index contributed by atoms with van der Waals surface area (Å²) in [5.41, 5.74) is -0.685. The van der Waals surface area contributed by atoms with Crippen LogP contribution in [0.15, 0.2) is 52.4 Å². The number of rotatable bonds is 2.